The highest BCUT2D eigenvalue weighted by molar-refractivity contribution is 9.10. The van der Waals surface area contributed by atoms with Gasteiger partial charge in [-0.2, -0.15) is 0 Å². The van der Waals surface area contributed by atoms with E-state index >= 15 is 0 Å². The van der Waals surface area contributed by atoms with Gasteiger partial charge in [0.2, 0.25) is 0 Å². The summed E-state index contributed by atoms with van der Waals surface area (Å²) in [6.45, 7) is 0.316. The number of benzene rings is 4. The van der Waals surface area contributed by atoms with Crippen LogP contribution in [0.25, 0.3) is 11.1 Å². The molecule has 1 amide bonds. The molecule has 4 aromatic rings. The molecular weight excluding hydrogens is 490 g/mol. The van der Waals surface area contributed by atoms with E-state index in [0.717, 1.165) is 21.2 Å². The third-order valence-electron chi connectivity index (χ3n) is 6.21. The largest absolute Gasteiger partial charge is 0.375 e. The van der Waals surface area contributed by atoms with Crippen molar-refractivity contribution >= 4 is 33.3 Å². The fraction of sp³-hybridized carbons (Fsp3) is 0.103. The zero-order chi connectivity index (χ0) is 23.7. The highest BCUT2D eigenvalue weighted by atomic mass is 79.9. The Labute approximate surface area is 206 Å². The van der Waals surface area contributed by atoms with E-state index in [-0.39, 0.29) is 12.2 Å². The average Bonchev–Trinajstić information content (AvgIpc) is 3.06. The van der Waals surface area contributed by atoms with E-state index in [9.17, 15) is 14.7 Å². The molecule has 0 unspecified atom stereocenters. The summed E-state index contributed by atoms with van der Waals surface area (Å²) in [5.41, 5.74) is 2.58. The molecular formula is C29H22BrNO3. The first-order chi connectivity index (χ1) is 16.5. The molecule has 5 rings (SSSR count). The summed E-state index contributed by atoms with van der Waals surface area (Å²) in [5.74, 6) is -0.776. The molecule has 0 bridgehead atoms. The molecule has 4 aromatic carbocycles. The van der Waals surface area contributed by atoms with Crippen LogP contribution in [0.4, 0.5) is 5.69 Å². The second kappa shape index (κ2) is 9.01. The van der Waals surface area contributed by atoms with Crippen LogP contribution in [0.2, 0.25) is 0 Å². The molecule has 1 N–H and O–H groups in total. The van der Waals surface area contributed by atoms with Gasteiger partial charge in [0.1, 0.15) is 0 Å². The molecule has 4 nitrogen and oxygen atoms in total. The first kappa shape index (κ1) is 22.3. The molecule has 1 aliphatic rings. The van der Waals surface area contributed by atoms with E-state index in [0.29, 0.717) is 23.4 Å². The summed E-state index contributed by atoms with van der Waals surface area (Å²) < 4.78 is 0.735. The number of rotatable bonds is 6. The summed E-state index contributed by atoms with van der Waals surface area (Å²) >= 11 is 3.44. The lowest BCUT2D eigenvalue weighted by molar-refractivity contribution is -0.136. The second-order valence-corrected chi connectivity index (χ2v) is 9.36. The number of fused-ring (bicyclic) bond motifs is 1. The van der Waals surface area contributed by atoms with Gasteiger partial charge in [-0.3, -0.25) is 9.59 Å². The van der Waals surface area contributed by atoms with Crippen LogP contribution in [0.5, 0.6) is 0 Å². The molecule has 0 aliphatic carbocycles. The lowest BCUT2D eigenvalue weighted by Gasteiger charge is -2.23. The van der Waals surface area contributed by atoms with Crippen LogP contribution in [-0.4, -0.2) is 16.8 Å². The smallest absolute Gasteiger partial charge is 0.264 e. The topological polar surface area (TPSA) is 57.6 Å². The fourth-order valence-corrected chi connectivity index (χ4v) is 4.79. The van der Waals surface area contributed by atoms with Crippen LogP contribution >= 0.6 is 15.9 Å². The van der Waals surface area contributed by atoms with Gasteiger partial charge in [0.15, 0.2) is 11.4 Å². The normalized spacial score (nSPS) is 17.0. The molecule has 168 valence electrons. The highest BCUT2D eigenvalue weighted by Gasteiger charge is 2.51. The zero-order valence-electron chi connectivity index (χ0n) is 18.3. The third-order valence-corrected chi connectivity index (χ3v) is 6.70. The minimum absolute atomic E-state index is 0.289. The predicted octanol–water partition coefficient (Wildman–Crippen LogP) is 6.12. The van der Waals surface area contributed by atoms with E-state index in [4.69, 9.17) is 0 Å². The van der Waals surface area contributed by atoms with Crippen LogP contribution in [0.3, 0.4) is 0 Å². The van der Waals surface area contributed by atoms with Gasteiger partial charge < -0.3 is 10.0 Å². The number of carbonyl (C=O) groups excluding carboxylic acids is 2. The van der Waals surface area contributed by atoms with Gasteiger partial charge in [-0.1, -0.05) is 101 Å². The van der Waals surface area contributed by atoms with Crippen molar-refractivity contribution in [3.63, 3.8) is 0 Å². The molecule has 1 aliphatic heterocycles. The maximum atomic E-state index is 13.5. The number of aliphatic hydroxyl groups is 1. The number of carbonyl (C=O) groups is 2. The molecule has 0 saturated carbocycles. The summed E-state index contributed by atoms with van der Waals surface area (Å²) in [6, 6.07) is 32.1. The predicted molar refractivity (Wildman–Crippen MR) is 136 cm³/mol. The third kappa shape index (κ3) is 4.09. The Bertz CT molecular complexity index is 1350. The van der Waals surface area contributed by atoms with Crippen molar-refractivity contribution in [2.24, 2.45) is 0 Å². The number of ketones is 1. The SMILES string of the molecule is O=C(C[C@@]1(O)C(=O)N(Cc2ccccc2)c2ccc(Br)cc21)c1ccc(-c2ccccc2)cc1. The Balaban J connectivity index is 1.44. The Kier molecular flexibility index (Phi) is 5.90. The van der Waals surface area contributed by atoms with Crippen molar-refractivity contribution in [1.82, 2.24) is 0 Å². The quantitative estimate of drug-likeness (QED) is 0.317. The molecule has 1 heterocycles. The van der Waals surface area contributed by atoms with Crippen LogP contribution in [0, 0.1) is 0 Å². The number of hydrogen-bond acceptors (Lipinski definition) is 3. The Morgan fingerprint density at radius 3 is 2.12 bits per heavy atom. The van der Waals surface area contributed by atoms with Crippen molar-refractivity contribution in [2.45, 2.75) is 18.6 Å². The van der Waals surface area contributed by atoms with Crippen molar-refractivity contribution in [2.75, 3.05) is 4.90 Å². The maximum Gasteiger partial charge on any atom is 0.264 e. The summed E-state index contributed by atoms with van der Waals surface area (Å²) in [4.78, 5) is 28.3. The van der Waals surface area contributed by atoms with Gasteiger partial charge in [-0.15, -0.1) is 0 Å². The van der Waals surface area contributed by atoms with Gasteiger partial charge in [-0.25, -0.2) is 0 Å². The molecule has 0 fully saturated rings. The number of hydrogen-bond donors (Lipinski definition) is 1. The van der Waals surface area contributed by atoms with E-state index in [1.807, 2.05) is 78.9 Å². The van der Waals surface area contributed by atoms with Crippen molar-refractivity contribution in [1.29, 1.82) is 0 Å². The number of Topliss-reactive ketones (excluding diaryl/α,β-unsaturated/α-hetero) is 1. The fourth-order valence-electron chi connectivity index (χ4n) is 4.43. The van der Waals surface area contributed by atoms with Crippen LogP contribution < -0.4 is 4.90 Å². The van der Waals surface area contributed by atoms with E-state index in [1.54, 1.807) is 29.2 Å². The second-order valence-electron chi connectivity index (χ2n) is 8.44. The van der Waals surface area contributed by atoms with Gasteiger partial charge >= 0.3 is 0 Å². The summed E-state index contributed by atoms with van der Waals surface area (Å²) in [6.07, 6.45) is -0.328. The minimum Gasteiger partial charge on any atom is -0.375 e. The van der Waals surface area contributed by atoms with Gasteiger partial charge in [0, 0.05) is 15.6 Å². The Morgan fingerprint density at radius 2 is 1.44 bits per heavy atom. The van der Waals surface area contributed by atoms with Crippen LogP contribution in [-0.2, 0) is 16.9 Å². The van der Waals surface area contributed by atoms with Crippen LogP contribution in [0.15, 0.2) is 108 Å². The van der Waals surface area contributed by atoms with Gasteiger partial charge in [-0.05, 0) is 34.9 Å². The number of anilines is 1. The summed E-state index contributed by atoms with van der Waals surface area (Å²) in [7, 11) is 0. The molecule has 34 heavy (non-hydrogen) atoms. The van der Waals surface area contributed by atoms with Crippen LogP contribution in [0.1, 0.15) is 27.9 Å². The number of nitrogens with zero attached hydrogens (tertiary/aromatic N) is 1. The Morgan fingerprint density at radius 1 is 0.824 bits per heavy atom. The maximum absolute atomic E-state index is 13.5. The highest BCUT2D eigenvalue weighted by Crippen LogP contribution is 2.44. The minimum atomic E-state index is -1.93. The molecule has 1 atom stereocenters. The lowest BCUT2D eigenvalue weighted by Crippen LogP contribution is -2.41. The van der Waals surface area contributed by atoms with Crippen molar-refractivity contribution in [3.05, 3.63) is 124 Å². The number of halogens is 1. The molecule has 0 spiro atoms. The molecule has 0 radical (unpaired) electrons. The van der Waals surface area contributed by atoms with E-state index < -0.39 is 11.5 Å². The summed E-state index contributed by atoms with van der Waals surface area (Å²) in [5, 5.41) is 11.6. The first-order valence-corrected chi connectivity index (χ1v) is 11.8. The molecule has 0 saturated heterocycles. The standard InChI is InChI=1S/C29H22BrNO3/c30-24-15-16-26-25(17-24)29(34,28(33)31(26)19-20-7-3-1-4-8-20)18-27(32)23-13-11-22(12-14-23)21-9-5-2-6-10-21/h1-17,34H,18-19H2/t29-/m0/s1. The first-order valence-electron chi connectivity index (χ1n) is 11.0. The monoisotopic (exact) mass is 511 g/mol. The average molecular weight is 512 g/mol. The zero-order valence-corrected chi connectivity index (χ0v) is 19.9. The molecule has 0 aromatic heterocycles. The Hall–Kier alpha value is -3.54. The number of amides is 1. The van der Waals surface area contributed by atoms with E-state index in [1.165, 1.54) is 0 Å². The molecule has 5 heteroatoms. The van der Waals surface area contributed by atoms with Gasteiger partial charge in [0.05, 0.1) is 18.7 Å². The van der Waals surface area contributed by atoms with E-state index in [2.05, 4.69) is 15.9 Å². The van der Waals surface area contributed by atoms with Crippen molar-refractivity contribution in [3.8, 4) is 11.1 Å². The van der Waals surface area contributed by atoms with Gasteiger partial charge in [0.25, 0.3) is 5.91 Å². The van der Waals surface area contributed by atoms with Crippen molar-refractivity contribution < 1.29 is 14.7 Å². The lowest BCUT2D eigenvalue weighted by atomic mass is 9.88.